The molecule has 5 nitrogen and oxygen atoms in total. The van der Waals surface area contributed by atoms with Crippen molar-refractivity contribution < 1.29 is 4.74 Å². The first-order valence-electron chi connectivity index (χ1n) is 9.13. The first kappa shape index (κ1) is 18.6. The van der Waals surface area contributed by atoms with Crippen molar-refractivity contribution in [3.05, 3.63) is 29.8 Å². The van der Waals surface area contributed by atoms with Crippen LogP contribution in [0.1, 0.15) is 32.3 Å². The lowest BCUT2D eigenvalue weighted by atomic mass is 10.0. The molecule has 0 amide bonds. The quantitative estimate of drug-likeness (QED) is 0.595. The van der Waals surface area contributed by atoms with Gasteiger partial charge in [0, 0.05) is 38.9 Å². The van der Waals surface area contributed by atoms with Crippen LogP contribution in [0.15, 0.2) is 29.3 Å². The number of ether oxygens (including phenoxy) is 1. The monoisotopic (exact) mass is 332 g/mol. The second-order valence-corrected chi connectivity index (χ2v) is 6.26. The smallest absolute Gasteiger partial charge is 0.191 e. The third kappa shape index (κ3) is 5.71. The lowest BCUT2D eigenvalue weighted by Gasteiger charge is -2.29. The van der Waals surface area contributed by atoms with E-state index in [-0.39, 0.29) is 0 Å². The van der Waals surface area contributed by atoms with E-state index in [1.807, 2.05) is 7.05 Å². The minimum absolute atomic E-state index is 0.705. The van der Waals surface area contributed by atoms with Crippen molar-refractivity contribution in [3.63, 3.8) is 0 Å². The number of nitrogens with one attached hydrogen (secondary N) is 2. The Hall–Kier alpha value is -1.75. The summed E-state index contributed by atoms with van der Waals surface area (Å²) in [5.41, 5.74) is 2.54. The van der Waals surface area contributed by atoms with Crippen LogP contribution in [0.5, 0.6) is 0 Å². The largest absolute Gasteiger partial charge is 0.378 e. The van der Waals surface area contributed by atoms with Gasteiger partial charge in [-0.3, -0.25) is 4.99 Å². The predicted octanol–water partition coefficient (Wildman–Crippen LogP) is 2.62. The fraction of sp³-hybridized carbons (Fsp3) is 0.632. The first-order chi connectivity index (χ1) is 11.8. The molecular weight excluding hydrogens is 300 g/mol. The van der Waals surface area contributed by atoms with E-state index in [1.54, 1.807) is 0 Å². The van der Waals surface area contributed by atoms with Gasteiger partial charge in [-0.05, 0) is 23.6 Å². The van der Waals surface area contributed by atoms with Gasteiger partial charge in [0.2, 0.25) is 0 Å². The molecule has 1 aliphatic rings. The SMILES string of the molecule is CCC(CC)CNC(=NC)NCc1ccc(N2CCOCC2)cc1. The maximum atomic E-state index is 5.41. The molecule has 2 N–H and O–H groups in total. The molecule has 0 unspecified atom stereocenters. The minimum Gasteiger partial charge on any atom is -0.378 e. The molecule has 0 atom stereocenters. The number of hydrogen-bond acceptors (Lipinski definition) is 3. The van der Waals surface area contributed by atoms with Crippen molar-refractivity contribution >= 4 is 11.6 Å². The molecule has 0 aliphatic carbocycles. The molecule has 24 heavy (non-hydrogen) atoms. The van der Waals surface area contributed by atoms with E-state index in [9.17, 15) is 0 Å². The average Bonchev–Trinajstić information content (AvgIpc) is 2.66. The summed E-state index contributed by atoms with van der Waals surface area (Å²) in [7, 11) is 1.82. The Morgan fingerprint density at radius 2 is 1.79 bits per heavy atom. The highest BCUT2D eigenvalue weighted by Gasteiger charge is 2.10. The molecule has 1 heterocycles. The zero-order valence-corrected chi connectivity index (χ0v) is 15.3. The van der Waals surface area contributed by atoms with Crippen molar-refractivity contribution in [2.24, 2.45) is 10.9 Å². The summed E-state index contributed by atoms with van der Waals surface area (Å²) in [6.07, 6.45) is 2.40. The maximum absolute atomic E-state index is 5.41. The van der Waals surface area contributed by atoms with Crippen molar-refractivity contribution in [2.45, 2.75) is 33.2 Å². The highest BCUT2D eigenvalue weighted by molar-refractivity contribution is 5.79. The molecule has 134 valence electrons. The van der Waals surface area contributed by atoms with Crippen molar-refractivity contribution in [1.29, 1.82) is 0 Å². The van der Waals surface area contributed by atoms with Gasteiger partial charge in [-0.25, -0.2) is 0 Å². The Morgan fingerprint density at radius 3 is 2.38 bits per heavy atom. The Balaban J connectivity index is 1.80. The Labute approximate surface area is 146 Å². The fourth-order valence-electron chi connectivity index (χ4n) is 2.87. The predicted molar refractivity (Wildman–Crippen MR) is 102 cm³/mol. The van der Waals surface area contributed by atoms with Crippen LogP contribution in [0.2, 0.25) is 0 Å². The number of anilines is 1. The summed E-state index contributed by atoms with van der Waals surface area (Å²) in [5.74, 6) is 1.58. The summed E-state index contributed by atoms with van der Waals surface area (Å²) in [6, 6.07) is 8.77. The molecule has 2 rings (SSSR count). The molecule has 0 bridgehead atoms. The second kappa shape index (κ2) is 10.2. The fourth-order valence-corrected chi connectivity index (χ4v) is 2.87. The van der Waals surface area contributed by atoms with Gasteiger partial charge < -0.3 is 20.3 Å². The van der Waals surface area contributed by atoms with Crippen LogP contribution in [0.3, 0.4) is 0 Å². The number of nitrogens with zero attached hydrogens (tertiary/aromatic N) is 2. The van der Waals surface area contributed by atoms with Crippen LogP contribution in [0, 0.1) is 5.92 Å². The molecule has 0 spiro atoms. The van der Waals surface area contributed by atoms with Crippen molar-refractivity contribution in [1.82, 2.24) is 10.6 Å². The van der Waals surface area contributed by atoms with E-state index in [4.69, 9.17) is 4.74 Å². The molecule has 0 saturated carbocycles. The van der Waals surface area contributed by atoms with Crippen LogP contribution in [0.4, 0.5) is 5.69 Å². The van der Waals surface area contributed by atoms with Gasteiger partial charge >= 0.3 is 0 Å². The van der Waals surface area contributed by atoms with E-state index in [2.05, 4.69) is 58.6 Å². The van der Waals surface area contributed by atoms with Gasteiger partial charge in [0.05, 0.1) is 13.2 Å². The molecule has 0 aromatic heterocycles. The van der Waals surface area contributed by atoms with E-state index in [0.29, 0.717) is 5.92 Å². The highest BCUT2D eigenvalue weighted by atomic mass is 16.5. The summed E-state index contributed by atoms with van der Waals surface area (Å²) >= 11 is 0. The highest BCUT2D eigenvalue weighted by Crippen LogP contribution is 2.16. The van der Waals surface area contributed by atoms with Crippen molar-refractivity contribution in [3.8, 4) is 0 Å². The van der Waals surface area contributed by atoms with Gasteiger partial charge in [-0.1, -0.05) is 38.8 Å². The number of morpholine rings is 1. The summed E-state index contributed by atoms with van der Waals surface area (Å²) in [4.78, 5) is 6.68. The van der Waals surface area contributed by atoms with E-state index in [0.717, 1.165) is 45.4 Å². The van der Waals surface area contributed by atoms with Crippen LogP contribution in [0.25, 0.3) is 0 Å². The second-order valence-electron chi connectivity index (χ2n) is 6.26. The third-order valence-corrected chi connectivity index (χ3v) is 4.71. The average molecular weight is 332 g/mol. The van der Waals surface area contributed by atoms with E-state index in [1.165, 1.54) is 24.1 Å². The van der Waals surface area contributed by atoms with Gasteiger partial charge in [0.15, 0.2) is 5.96 Å². The Bertz CT molecular complexity index is 491. The summed E-state index contributed by atoms with van der Waals surface area (Å²) in [5, 5.41) is 6.81. The number of rotatable bonds is 7. The van der Waals surface area contributed by atoms with E-state index < -0.39 is 0 Å². The van der Waals surface area contributed by atoms with Crippen LogP contribution in [-0.2, 0) is 11.3 Å². The lowest BCUT2D eigenvalue weighted by Crippen LogP contribution is -2.39. The molecule has 1 aromatic rings. The van der Waals surface area contributed by atoms with Crippen molar-refractivity contribution in [2.75, 3.05) is 44.8 Å². The zero-order valence-electron chi connectivity index (χ0n) is 15.3. The molecule has 1 aromatic carbocycles. The molecule has 5 heteroatoms. The summed E-state index contributed by atoms with van der Waals surface area (Å²) < 4.78 is 5.41. The molecule has 1 fully saturated rings. The number of hydrogen-bond donors (Lipinski definition) is 2. The number of aliphatic imine (C=N–C) groups is 1. The zero-order chi connectivity index (χ0) is 17.2. The lowest BCUT2D eigenvalue weighted by molar-refractivity contribution is 0.122. The van der Waals surface area contributed by atoms with Gasteiger partial charge in [-0.2, -0.15) is 0 Å². The minimum atomic E-state index is 0.705. The Morgan fingerprint density at radius 1 is 1.12 bits per heavy atom. The number of guanidine groups is 1. The maximum Gasteiger partial charge on any atom is 0.191 e. The van der Waals surface area contributed by atoms with Crippen LogP contribution < -0.4 is 15.5 Å². The molecule has 1 aliphatic heterocycles. The molecular formula is C19H32N4O. The van der Waals surface area contributed by atoms with E-state index >= 15 is 0 Å². The number of benzene rings is 1. The normalized spacial score (nSPS) is 15.7. The van der Waals surface area contributed by atoms with Gasteiger partial charge in [0.1, 0.15) is 0 Å². The van der Waals surface area contributed by atoms with Gasteiger partial charge in [-0.15, -0.1) is 0 Å². The Kier molecular flexibility index (Phi) is 7.89. The summed E-state index contributed by atoms with van der Waals surface area (Å²) in [6.45, 7) is 9.83. The topological polar surface area (TPSA) is 48.9 Å². The molecule has 1 saturated heterocycles. The third-order valence-electron chi connectivity index (χ3n) is 4.71. The molecule has 0 radical (unpaired) electrons. The standard InChI is InChI=1S/C19H32N4O/c1-4-16(5-2)14-21-19(20-3)22-15-17-6-8-18(9-7-17)23-10-12-24-13-11-23/h6-9,16H,4-5,10-15H2,1-3H3,(H2,20,21,22). The first-order valence-corrected chi connectivity index (χ1v) is 9.13. The van der Waals surface area contributed by atoms with Gasteiger partial charge in [0.25, 0.3) is 0 Å². The van der Waals surface area contributed by atoms with Crippen LogP contribution >= 0.6 is 0 Å². The van der Waals surface area contributed by atoms with Crippen LogP contribution in [-0.4, -0.2) is 45.9 Å².